The van der Waals surface area contributed by atoms with Gasteiger partial charge in [0.1, 0.15) is 0 Å². The first-order valence-corrected chi connectivity index (χ1v) is 6.07. The highest BCUT2D eigenvalue weighted by molar-refractivity contribution is 7.10. The highest BCUT2D eigenvalue weighted by atomic mass is 35.5. The average molecular weight is 248 g/mol. The summed E-state index contributed by atoms with van der Waals surface area (Å²) in [5, 5.41) is 11.1. The molecular formula is C10H14ClNO2S. The molecule has 1 rings (SSSR count). The first-order valence-electron chi connectivity index (χ1n) is 4.81. The fourth-order valence-electron chi connectivity index (χ4n) is 1.34. The van der Waals surface area contributed by atoms with E-state index in [1.54, 1.807) is 11.3 Å². The van der Waals surface area contributed by atoms with Crippen LogP contribution in [0.5, 0.6) is 0 Å². The van der Waals surface area contributed by atoms with Gasteiger partial charge in [-0.25, -0.2) is 0 Å². The molecule has 5 heteroatoms. The van der Waals surface area contributed by atoms with E-state index in [1.165, 1.54) is 0 Å². The van der Waals surface area contributed by atoms with Crippen LogP contribution in [0.1, 0.15) is 36.6 Å². The topological polar surface area (TPSA) is 63.3 Å². The standard InChI is InChI=1S/C10H14ClNO2S/c11-7-5-6-15-10(7)8(12)3-1-2-4-9(13)14/h5-6,8H,1-4,12H2,(H,13,14). The zero-order valence-electron chi connectivity index (χ0n) is 8.28. The van der Waals surface area contributed by atoms with Crippen molar-refractivity contribution in [3.8, 4) is 0 Å². The van der Waals surface area contributed by atoms with Crippen LogP contribution in [0.2, 0.25) is 5.02 Å². The Morgan fingerprint density at radius 2 is 2.33 bits per heavy atom. The summed E-state index contributed by atoms with van der Waals surface area (Å²) in [6.45, 7) is 0. The summed E-state index contributed by atoms with van der Waals surface area (Å²) in [7, 11) is 0. The van der Waals surface area contributed by atoms with Gasteiger partial charge in [0.05, 0.1) is 5.02 Å². The second-order valence-corrected chi connectivity index (χ2v) is 4.73. The van der Waals surface area contributed by atoms with Gasteiger partial charge in [-0.05, 0) is 24.3 Å². The van der Waals surface area contributed by atoms with E-state index in [-0.39, 0.29) is 12.5 Å². The van der Waals surface area contributed by atoms with Crippen LogP contribution in [0.4, 0.5) is 0 Å². The molecule has 1 unspecified atom stereocenters. The highest BCUT2D eigenvalue weighted by Crippen LogP contribution is 2.29. The Morgan fingerprint density at radius 3 is 2.87 bits per heavy atom. The number of carbonyl (C=O) groups is 1. The summed E-state index contributed by atoms with van der Waals surface area (Å²) in [5.74, 6) is -0.752. The number of hydrogen-bond donors (Lipinski definition) is 2. The lowest BCUT2D eigenvalue weighted by molar-refractivity contribution is -0.137. The van der Waals surface area contributed by atoms with E-state index in [2.05, 4.69) is 0 Å². The van der Waals surface area contributed by atoms with Crippen molar-refractivity contribution in [2.75, 3.05) is 0 Å². The van der Waals surface area contributed by atoms with E-state index in [4.69, 9.17) is 22.4 Å². The van der Waals surface area contributed by atoms with Gasteiger partial charge in [0, 0.05) is 17.3 Å². The molecule has 0 saturated carbocycles. The van der Waals surface area contributed by atoms with Crippen molar-refractivity contribution in [1.82, 2.24) is 0 Å². The quantitative estimate of drug-likeness (QED) is 0.760. The monoisotopic (exact) mass is 247 g/mol. The second-order valence-electron chi connectivity index (χ2n) is 3.38. The molecule has 3 N–H and O–H groups in total. The lowest BCUT2D eigenvalue weighted by atomic mass is 10.1. The van der Waals surface area contributed by atoms with Crippen LogP contribution in [0.3, 0.4) is 0 Å². The summed E-state index contributed by atoms with van der Waals surface area (Å²) in [4.78, 5) is 11.3. The van der Waals surface area contributed by atoms with Gasteiger partial charge in [-0.2, -0.15) is 0 Å². The first kappa shape index (κ1) is 12.5. The van der Waals surface area contributed by atoms with Crippen LogP contribution in [-0.2, 0) is 4.79 Å². The van der Waals surface area contributed by atoms with Crippen molar-refractivity contribution in [2.24, 2.45) is 5.73 Å². The Bertz CT molecular complexity index is 327. The third-order valence-electron chi connectivity index (χ3n) is 2.14. The van der Waals surface area contributed by atoms with Crippen molar-refractivity contribution in [1.29, 1.82) is 0 Å². The maximum atomic E-state index is 10.3. The minimum Gasteiger partial charge on any atom is -0.481 e. The number of nitrogens with two attached hydrogens (primary N) is 1. The van der Waals surface area contributed by atoms with Gasteiger partial charge in [0.25, 0.3) is 0 Å². The van der Waals surface area contributed by atoms with Gasteiger partial charge in [-0.1, -0.05) is 18.0 Å². The number of carboxylic acids is 1. The number of hydrogen-bond acceptors (Lipinski definition) is 3. The van der Waals surface area contributed by atoms with E-state index in [0.29, 0.717) is 11.4 Å². The predicted octanol–water partition coefficient (Wildman–Crippen LogP) is 3.05. The molecule has 84 valence electrons. The largest absolute Gasteiger partial charge is 0.481 e. The molecule has 0 aliphatic rings. The molecule has 1 atom stereocenters. The van der Waals surface area contributed by atoms with Crippen molar-refractivity contribution in [3.05, 3.63) is 21.3 Å². The smallest absolute Gasteiger partial charge is 0.303 e. The molecule has 0 fully saturated rings. The van der Waals surface area contributed by atoms with Gasteiger partial charge in [0.15, 0.2) is 0 Å². The lowest BCUT2D eigenvalue weighted by Gasteiger charge is -2.09. The van der Waals surface area contributed by atoms with Gasteiger partial charge in [-0.3, -0.25) is 4.79 Å². The van der Waals surface area contributed by atoms with E-state index in [0.717, 1.165) is 17.7 Å². The molecule has 1 aromatic rings. The molecule has 0 bridgehead atoms. The summed E-state index contributed by atoms with van der Waals surface area (Å²) in [6, 6.07) is 1.77. The van der Waals surface area contributed by atoms with Crippen molar-refractivity contribution < 1.29 is 9.90 Å². The fourth-order valence-corrected chi connectivity index (χ4v) is 2.58. The van der Waals surface area contributed by atoms with Crippen molar-refractivity contribution in [3.63, 3.8) is 0 Å². The second kappa shape index (κ2) is 6.10. The summed E-state index contributed by atoms with van der Waals surface area (Å²) >= 11 is 7.48. The van der Waals surface area contributed by atoms with Crippen LogP contribution in [0.15, 0.2) is 11.4 Å². The van der Waals surface area contributed by atoms with Gasteiger partial charge in [-0.15, -0.1) is 11.3 Å². The summed E-state index contributed by atoms with van der Waals surface area (Å²) in [5.41, 5.74) is 5.94. The molecule has 0 aliphatic heterocycles. The third-order valence-corrected chi connectivity index (χ3v) is 3.63. The van der Waals surface area contributed by atoms with E-state index in [1.807, 2.05) is 11.4 Å². The SMILES string of the molecule is NC(CCCCC(=O)O)c1sccc1Cl. The minimum absolute atomic E-state index is 0.0636. The molecule has 0 amide bonds. The normalized spacial score (nSPS) is 12.7. The number of aliphatic carboxylic acids is 1. The maximum absolute atomic E-state index is 10.3. The Kier molecular flexibility index (Phi) is 5.08. The van der Waals surface area contributed by atoms with Crippen molar-refractivity contribution >= 4 is 28.9 Å². The number of unbranched alkanes of at least 4 members (excludes halogenated alkanes) is 1. The predicted molar refractivity (Wildman–Crippen MR) is 62.4 cm³/mol. The minimum atomic E-state index is -0.752. The number of rotatable bonds is 6. The zero-order chi connectivity index (χ0) is 11.3. The van der Waals surface area contributed by atoms with Gasteiger partial charge >= 0.3 is 5.97 Å². The molecular weight excluding hydrogens is 234 g/mol. The van der Waals surface area contributed by atoms with E-state index < -0.39 is 5.97 Å². The van der Waals surface area contributed by atoms with Gasteiger partial charge in [0.2, 0.25) is 0 Å². The van der Waals surface area contributed by atoms with Crippen LogP contribution < -0.4 is 5.73 Å². The first-order chi connectivity index (χ1) is 7.11. The molecule has 3 nitrogen and oxygen atoms in total. The van der Waals surface area contributed by atoms with Gasteiger partial charge < -0.3 is 10.8 Å². The zero-order valence-corrected chi connectivity index (χ0v) is 9.85. The number of thiophene rings is 1. The molecule has 1 aromatic heterocycles. The third kappa shape index (κ3) is 4.20. The number of carboxylic acid groups (broad SMARTS) is 1. The van der Waals surface area contributed by atoms with Crippen LogP contribution in [0.25, 0.3) is 0 Å². The molecule has 0 aliphatic carbocycles. The Hall–Kier alpha value is -0.580. The van der Waals surface area contributed by atoms with Crippen LogP contribution in [-0.4, -0.2) is 11.1 Å². The maximum Gasteiger partial charge on any atom is 0.303 e. The summed E-state index contributed by atoms with van der Waals surface area (Å²) in [6.07, 6.45) is 2.49. The molecule has 15 heavy (non-hydrogen) atoms. The molecule has 0 saturated heterocycles. The Labute approximate surface area is 97.9 Å². The summed E-state index contributed by atoms with van der Waals surface area (Å²) < 4.78 is 0. The highest BCUT2D eigenvalue weighted by Gasteiger charge is 2.11. The average Bonchev–Trinajstić information content (AvgIpc) is 2.58. The fraction of sp³-hybridized carbons (Fsp3) is 0.500. The Morgan fingerprint density at radius 1 is 1.60 bits per heavy atom. The molecule has 0 aromatic carbocycles. The molecule has 1 heterocycles. The molecule has 0 radical (unpaired) electrons. The van der Waals surface area contributed by atoms with E-state index >= 15 is 0 Å². The van der Waals surface area contributed by atoms with E-state index in [9.17, 15) is 4.79 Å². The lowest BCUT2D eigenvalue weighted by Crippen LogP contribution is -2.09. The molecule has 0 spiro atoms. The Balaban J connectivity index is 2.28. The van der Waals surface area contributed by atoms with Crippen LogP contribution in [0, 0.1) is 0 Å². The van der Waals surface area contributed by atoms with Crippen LogP contribution >= 0.6 is 22.9 Å². The number of halogens is 1. The van der Waals surface area contributed by atoms with Crippen molar-refractivity contribution in [2.45, 2.75) is 31.7 Å².